The average molecular weight is 534 g/mol. The number of benzene rings is 2. The highest BCUT2D eigenvalue weighted by Crippen LogP contribution is 2.26. The SMILES string of the molecule is COc1ccc(Cl)cc1C[C@@H]1C=NC(NN(C)C)=CN(CC(=O)Nc2cccc(S(C)(=O)=O)c2)C1=O. The topological polar surface area (TPSA) is 120 Å². The van der Waals surface area contributed by atoms with Crippen LogP contribution in [0.5, 0.6) is 5.75 Å². The lowest BCUT2D eigenvalue weighted by Gasteiger charge is -2.22. The molecule has 0 spiro atoms. The summed E-state index contributed by atoms with van der Waals surface area (Å²) in [6.45, 7) is -0.312. The van der Waals surface area contributed by atoms with Crippen LogP contribution in [0.3, 0.4) is 0 Å². The summed E-state index contributed by atoms with van der Waals surface area (Å²) in [5.74, 6) is -0.608. The molecule has 0 radical (unpaired) electrons. The second-order valence-electron chi connectivity index (χ2n) is 8.38. The summed E-state index contributed by atoms with van der Waals surface area (Å²) in [6, 6.07) is 11.1. The molecule has 2 aromatic carbocycles. The van der Waals surface area contributed by atoms with Crippen molar-refractivity contribution in [2.45, 2.75) is 11.3 Å². The maximum Gasteiger partial charge on any atom is 0.244 e. The number of nitrogens with one attached hydrogen (secondary N) is 2. The predicted molar refractivity (Wildman–Crippen MR) is 138 cm³/mol. The van der Waals surface area contributed by atoms with Crippen molar-refractivity contribution in [3.05, 3.63) is 65.1 Å². The average Bonchev–Trinajstić information content (AvgIpc) is 2.92. The minimum Gasteiger partial charge on any atom is -0.496 e. The monoisotopic (exact) mass is 533 g/mol. The summed E-state index contributed by atoms with van der Waals surface area (Å²) >= 11 is 6.15. The summed E-state index contributed by atoms with van der Waals surface area (Å²) < 4.78 is 29.1. The van der Waals surface area contributed by atoms with Gasteiger partial charge in [-0.3, -0.25) is 9.59 Å². The maximum atomic E-state index is 13.5. The number of anilines is 1. The summed E-state index contributed by atoms with van der Waals surface area (Å²) in [5.41, 5.74) is 4.02. The molecule has 12 heteroatoms. The first-order valence-corrected chi connectivity index (χ1v) is 13.2. The Hall–Kier alpha value is -3.41. The van der Waals surface area contributed by atoms with Gasteiger partial charge in [0.05, 0.1) is 24.1 Å². The lowest BCUT2D eigenvalue weighted by atomic mass is 9.98. The standard InChI is InChI=1S/C24H28ClN5O5S/c1-29(2)28-22-14-30(15-23(31)27-19-6-5-7-20(12-19)36(4,33)34)24(32)17(13-26-22)10-16-11-18(25)8-9-21(16)35-3/h5-9,11-14,17,28H,10,15H2,1-4H3,(H,27,31)/t17-/m1/s1. The van der Waals surface area contributed by atoms with Gasteiger partial charge in [-0.25, -0.2) is 18.4 Å². The normalized spacial score (nSPS) is 15.9. The van der Waals surface area contributed by atoms with Gasteiger partial charge in [0.1, 0.15) is 12.3 Å². The van der Waals surface area contributed by atoms with E-state index >= 15 is 0 Å². The van der Waals surface area contributed by atoms with Crippen molar-refractivity contribution in [3.63, 3.8) is 0 Å². The van der Waals surface area contributed by atoms with Crippen LogP contribution >= 0.6 is 11.6 Å². The second-order valence-corrected chi connectivity index (χ2v) is 10.8. The zero-order valence-corrected chi connectivity index (χ0v) is 21.9. The van der Waals surface area contributed by atoms with Crippen LogP contribution in [-0.2, 0) is 25.8 Å². The first kappa shape index (κ1) is 27.2. The highest BCUT2D eigenvalue weighted by molar-refractivity contribution is 7.90. The Morgan fingerprint density at radius 2 is 1.97 bits per heavy atom. The number of halogens is 1. The van der Waals surface area contributed by atoms with Crippen LogP contribution in [-0.4, -0.2) is 70.4 Å². The van der Waals surface area contributed by atoms with E-state index in [1.54, 1.807) is 43.4 Å². The zero-order chi connectivity index (χ0) is 26.5. The number of aliphatic imine (C=N–C) groups is 1. The number of carbonyl (C=O) groups is 2. The summed E-state index contributed by atoms with van der Waals surface area (Å²) in [6.07, 6.45) is 4.33. The van der Waals surface area contributed by atoms with E-state index in [1.807, 2.05) is 0 Å². The van der Waals surface area contributed by atoms with Gasteiger partial charge in [-0.1, -0.05) is 17.7 Å². The lowest BCUT2D eigenvalue weighted by Crippen LogP contribution is -2.39. The number of nitrogens with zero attached hydrogens (tertiary/aromatic N) is 3. The molecule has 2 N–H and O–H groups in total. The molecule has 0 fully saturated rings. The predicted octanol–water partition coefficient (Wildman–Crippen LogP) is 2.33. The second kappa shape index (κ2) is 11.5. The van der Waals surface area contributed by atoms with Crippen LogP contribution in [0.2, 0.25) is 5.02 Å². The molecular weight excluding hydrogens is 506 g/mol. The molecule has 0 saturated heterocycles. The van der Waals surface area contributed by atoms with E-state index in [1.165, 1.54) is 42.6 Å². The van der Waals surface area contributed by atoms with Gasteiger partial charge in [0.25, 0.3) is 0 Å². The van der Waals surface area contributed by atoms with Crippen molar-refractivity contribution in [2.75, 3.05) is 39.3 Å². The number of methoxy groups -OCH3 is 1. The van der Waals surface area contributed by atoms with Crippen molar-refractivity contribution in [3.8, 4) is 5.75 Å². The van der Waals surface area contributed by atoms with Gasteiger partial charge in [-0.2, -0.15) is 0 Å². The number of sulfone groups is 1. The summed E-state index contributed by atoms with van der Waals surface area (Å²) in [7, 11) is 1.63. The van der Waals surface area contributed by atoms with Crippen LogP contribution in [0.15, 0.2) is 64.4 Å². The quantitative estimate of drug-likeness (QED) is 0.474. The Morgan fingerprint density at radius 1 is 1.22 bits per heavy atom. The molecule has 0 bridgehead atoms. The first-order valence-electron chi connectivity index (χ1n) is 10.9. The smallest absolute Gasteiger partial charge is 0.244 e. The molecular formula is C24H28ClN5O5S. The Morgan fingerprint density at radius 3 is 2.64 bits per heavy atom. The van der Waals surface area contributed by atoms with Crippen molar-refractivity contribution in [2.24, 2.45) is 10.9 Å². The van der Waals surface area contributed by atoms with E-state index in [0.717, 1.165) is 11.8 Å². The Kier molecular flexibility index (Phi) is 8.72. The van der Waals surface area contributed by atoms with Gasteiger partial charge in [-0.05, 0) is 48.4 Å². The molecule has 2 aromatic rings. The molecule has 36 heavy (non-hydrogen) atoms. The molecule has 0 saturated carbocycles. The largest absolute Gasteiger partial charge is 0.496 e. The molecule has 3 rings (SSSR count). The van der Waals surface area contributed by atoms with Gasteiger partial charge in [0, 0.05) is 37.3 Å². The van der Waals surface area contributed by atoms with Gasteiger partial charge in [-0.15, -0.1) is 0 Å². The molecule has 0 aromatic heterocycles. The number of amides is 2. The van der Waals surface area contributed by atoms with Crippen molar-refractivity contribution < 1.29 is 22.7 Å². The Labute approximate surface area is 215 Å². The number of hydrogen-bond donors (Lipinski definition) is 2. The Bertz CT molecular complexity index is 1310. The van der Waals surface area contributed by atoms with Crippen molar-refractivity contribution in [1.29, 1.82) is 0 Å². The zero-order valence-electron chi connectivity index (χ0n) is 20.4. The molecule has 0 aliphatic carbocycles. The highest BCUT2D eigenvalue weighted by Gasteiger charge is 2.28. The minimum atomic E-state index is -3.44. The molecule has 192 valence electrons. The van der Waals surface area contributed by atoms with Crippen molar-refractivity contribution >= 4 is 45.2 Å². The fourth-order valence-electron chi connectivity index (χ4n) is 3.55. The number of rotatable bonds is 9. The van der Waals surface area contributed by atoms with E-state index in [4.69, 9.17) is 16.3 Å². The minimum absolute atomic E-state index is 0.0763. The fraction of sp³-hybridized carbons (Fsp3) is 0.292. The van der Waals surface area contributed by atoms with Crippen LogP contribution in [0.25, 0.3) is 0 Å². The van der Waals surface area contributed by atoms with E-state index in [2.05, 4.69) is 15.7 Å². The lowest BCUT2D eigenvalue weighted by molar-refractivity contribution is -0.133. The molecule has 1 atom stereocenters. The first-order chi connectivity index (χ1) is 17.0. The van der Waals surface area contributed by atoms with Crippen LogP contribution in [0, 0.1) is 5.92 Å². The van der Waals surface area contributed by atoms with Gasteiger partial charge >= 0.3 is 0 Å². The third-order valence-electron chi connectivity index (χ3n) is 5.15. The van der Waals surface area contributed by atoms with E-state index in [9.17, 15) is 18.0 Å². The summed E-state index contributed by atoms with van der Waals surface area (Å²) in [4.78, 5) is 32.0. The van der Waals surface area contributed by atoms with Crippen LogP contribution < -0.4 is 15.5 Å². The number of hydrogen-bond acceptors (Lipinski definition) is 8. The Balaban J connectivity index is 1.84. The van der Waals surface area contributed by atoms with E-state index in [-0.39, 0.29) is 23.8 Å². The summed E-state index contributed by atoms with van der Waals surface area (Å²) in [5, 5.41) is 4.81. The third kappa shape index (κ3) is 7.30. The van der Waals surface area contributed by atoms with Crippen LogP contribution in [0.1, 0.15) is 5.56 Å². The van der Waals surface area contributed by atoms with Gasteiger partial charge < -0.3 is 20.4 Å². The van der Waals surface area contributed by atoms with Crippen LogP contribution in [0.4, 0.5) is 5.69 Å². The van der Waals surface area contributed by atoms with E-state index < -0.39 is 21.7 Å². The molecule has 10 nitrogen and oxygen atoms in total. The fourth-order valence-corrected chi connectivity index (χ4v) is 4.41. The van der Waals surface area contributed by atoms with Gasteiger partial charge in [0.2, 0.25) is 11.8 Å². The van der Waals surface area contributed by atoms with Crippen molar-refractivity contribution in [1.82, 2.24) is 15.3 Å². The maximum absolute atomic E-state index is 13.5. The molecule has 0 unspecified atom stereocenters. The van der Waals surface area contributed by atoms with E-state index in [0.29, 0.717) is 22.3 Å². The van der Waals surface area contributed by atoms with Gasteiger partial charge in [0.15, 0.2) is 15.7 Å². The molecule has 2 amide bonds. The number of carbonyl (C=O) groups excluding carboxylic acids is 2. The third-order valence-corrected chi connectivity index (χ3v) is 6.50. The number of ether oxygens (including phenoxy) is 1. The highest BCUT2D eigenvalue weighted by atomic mass is 35.5. The molecule has 1 heterocycles. The number of hydrazine groups is 1. The molecule has 1 aliphatic rings. The molecule has 1 aliphatic heterocycles.